The van der Waals surface area contributed by atoms with E-state index in [-0.39, 0.29) is 48.9 Å². The van der Waals surface area contributed by atoms with E-state index in [9.17, 15) is 44.3 Å². The average Bonchev–Trinajstić information content (AvgIpc) is 2.98. The van der Waals surface area contributed by atoms with Crippen molar-refractivity contribution in [3.8, 4) is 22.6 Å². The Hall–Kier alpha value is -3.98. The third kappa shape index (κ3) is 9.56. The van der Waals surface area contributed by atoms with Gasteiger partial charge < -0.3 is 19.3 Å². The first-order valence-electron chi connectivity index (χ1n) is 14.4. The standard InChI is InChI=1S/C33H34F9NO5/c1-18-11-28(46-4)26(16-27(18)48-10-6-7-29(44)45)25-9-8-22(31(34,35)36)14-21(25)17-43(3)19(2)30(47-5)20-12-23(32(37,38)39)15-24(13-20)33(40,41)42/h8-9,11-16,19,30H,6-7,10,17H2,1-5H3,(H,44,45)/t19-,30-/m0/s1. The van der Waals surface area contributed by atoms with Crippen molar-refractivity contribution in [2.45, 2.75) is 63.9 Å². The molecule has 264 valence electrons. The number of carboxylic acid groups (broad SMARTS) is 1. The molecule has 0 spiro atoms. The van der Waals surface area contributed by atoms with Crippen molar-refractivity contribution in [3.05, 3.63) is 81.9 Å². The van der Waals surface area contributed by atoms with Gasteiger partial charge in [0.2, 0.25) is 0 Å². The molecule has 0 radical (unpaired) electrons. The molecule has 1 N–H and O–H groups in total. The molecule has 0 amide bonds. The highest BCUT2D eigenvalue weighted by Gasteiger charge is 2.39. The lowest BCUT2D eigenvalue weighted by Crippen LogP contribution is -2.35. The van der Waals surface area contributed by atoms with Crippen LogP contribution in [0.1, 0.15) is 59.3 Å². The summed E-state index contributed by atoms with van der Waals surface area (Å²) < 4.78 is 140. The van der Waals surface area contributed by atoms with E-state index in [2.05, 4.69) is 0 Å². The van der Waals surface area contributed by atoms with Crippen LogP contribution < -0.4 is 9.47 Å². The van der Waals surface area contributed by atoms with Gasteiger partial charge in [0.25, 0.3) is 0 Å². The molecule has 48 heavy (non-hydrogen) atoms. The van der Waals surface area contributed by atoms with Gasteiger partial charge >= 0.3 is 24.5 Å². The van der Waals surface area contributed by atoms with Crippen molar-refractivity contribution < 1.29 is 63.6 Å². The van der Waals surface area contributed by atoms with Gasteiger partial charge in [-0.25, -0.2) is 0 Å². The van der Waals surface area contributed by atoms with Gasteiger partial charge in [0.15, 0.2) is 0 Å². The molecule has 3 rings (SSSR count). The molecule has 6 nitrogen and oxygen atoms in total. The quantitative estimate of drug-likeness (QED) is 0.142. The molecule has 0 aromatic heterocycles. The molecule has 0 saturated heterocycles. The van der Waals surface area contributed by atoms with Crippen LogP contribution in [0.15, 0.2) is 48.5 Å². The molecule has 0 heterocycles. The van der Waals surface area contributed by atoms with Crippen LogP contribution in [0.5, 0.6) is 11.5 Å². The van der Waals surface area contributed by atoms with Gasteiger partial charge in [0.05, 0.1) is 36.5 Å². The Morgan fingerprint density at radius 2 is 1.40 bits per heavy atom. The van der Waals surface area contributed by atoms with Crippen molar-refractivity contribution in [1.29, 1.82) is 0 Å². The van der Waals surface area contributed by atoms with Gasteiger partial charge in [0.1, 0.15) is 11.5 Å². The fourth-order valence-corrected chi connectivity index (χ4v) is 5.16. The van der Waals surface area contributed by atoms with E-state index in [0.717, 1.165) is 19.2 Å². The number of rotatable bonds is 13. The first-order valence-corrected chi connectivity index (χ1v) is 14.4. The topological polar surface area (TPSA) is 68.2 Å². The minimum absolute atomic E-state index is 0.00138. The Morgan fingerprint density at radius 1 is 0.812 bits per heavy atom. The zero-order valence-corrected chi connectivity index (χ0v) is 26.5. The van der Waals surface area contributed by atoms with Crippen molar-refractivity contribution in [3.63, 3.8) is 0 Å². The van der Waals surface area contributed by atoms with E-state index in [1.54, 1.807) is 19.1 Å². The number of alkyl halides is 9. The minimum Gasteiger partial charge on any atom is -0.496 e. The Bertz CT molecular complexity index is 1550. The van der Waals surface area contributed by atoms with Gasteiger partial charge in [-0.05, 0) is 92.0 Å². The highest BCUT2D eigenvalue weighted by molar-refractivity contribution is 5.76. The predicted octanol–water partition coefficient (Wildman–Crippen LogP) is 9.18. The van der Waals surface area contributed by atoms with Gasteiger partial charge in [-0.3, -0.25) is 9.69 Å². The smallest absolute Gasteiger partial charge is 0.416 e. The Morgan fingerprint density at radius 3 is 1.90 bits per heavy atom. The zero-order chi connectivity index (χ0) is 36.2. The summed E-state index contributed by atoms with van der Waals surface area (Å²) in [5.74, 6) is -0.406. The zero-order valence-electron chi connectivity index (χ0n) is 26.5. The summed E-state index contributed by atoms with van der Waals surface area (Å²) >= 11 is 0. The lowest BCUT2D eigenvalue weighted by Gasteiger charge is -2.33. The van der Waals surface area contributed by atoms with Crippen LogP contribution >= 0.6 is 0 Å². The molecule has 0 saturated carbocycles. The number of ether oxygens (including phenoxy) is 3. The molecule has 0 fully saturated rings. The maximum atomic E-state index is 13.9. The van der Waals surface area contributed by atoms with Crippen LogP contribution in [-0.2, 0) is 34.6 Å². The van der Waals surface area contributed by atoms with Crippen LogP contribution in [0.2, 0.25) is 0 Å². The number of likely N-dealkylation sites (N-methyl/N-ethyl adjacent to an activating group) is 1. The number of carbonyl (C=O) groups is 1. The van der Waals surface area contributed by atoms with E-state index < -0.39 is 58.9 Å². The van der Waals surface area contributed by atoms with Crippen LogP contribution in [-0.4, -0.2) is 49.9 Å². The Balaban J connectivity index is 2.08. The summed E-state index contributed by atoms with van der Waals surface area (Å²) in [7, 11) is 3.91. The molecule has 15 heteroatoms. The van der Waals surface area contributed by atoms with Crippen LogP contribution in [0.25, 0.3) is 11.1 Å². The monoisotopic (exact) mass is 695 g/mol. The van der Waals surface area contributed by atoms with Crippen molar-refractivity contribution in [1.82, 2.24) is 4.90 Å². The fourth-order valence-electron chi connectivity index (χ4n) is 5.16. The second-order valence-corrected chi connectivity index (χ2v) is 11.2. The number of hydrogen-bond acceptors (Lipinski definition) is 5. The van der Waals surface area contributed by atoms with Crippen LogP contribution in [0.3, 0.4) is 0 Å². The Labute approximate surface area is 271 Å². The number of nitrogens with zero attached hydrogens (tertiary/aromatic N) is 1. The maximum Gasteiger partial charge on any atom is 0.416 e. The second kappa shape index (κ2) is 15.1. The lowest BCUT2D eigenvalue weighted by molar-refractivity contribution is -0.143. The van der Waals surface area contributed by atoms with Crippen molar-refractivity contribution in [2.75, 3.05) is 27.9 Å². The third-order valence-electron chi connectivity index (χ3n) is 7.76. The third-order valence-corrected chi connectivity index (χ3v) is 7.76. The molecule has 2 atom stereocenters. The van der Waals surface area contributed by atoms with E-state index >= 15 is 0 Å². The molecular weight excluding hydrogens is 661 g/mol. The highest BCUT2D eigenvalue weighted by Crippen LogP contribution is 2.42. The summed E-state index contributed by atoms with van der Waals surface area (Å²) in [5, 5.41) is 8.90. The van der Waals surface area contributed by atoms with Gasteiger partial charge in [-0.15, -0.1) is 0 Å². The van der Waals surface area contributed by atoms with Gasteiger partial charge in [-0.1, -0.05) is 6.07 Å². The van der Waals surface area contributed by atoms with E-state index in [4.69, 9.17) is 19.3 Å². The normalized spacial score (nSPS) is 13.8. The number of methoxy groups -OCH3 is 2. The lowest BCUT2D eigenvalue weighted by atomic mass is 9.93. The molecule has 3 aromatic carbocycles. The summed E-state index contributed by atoms with van der Waals surface area (Å²) in [5.41, 5.74) is -3.16. The number of aliphatic carboxylic acids is 1. The van der Waals surface area contributed by atoms with E-state index in [1.165, 1.54) is 32.0 Å². The van der Waals surface area contributed by atoms with Crippen LogP contribution in [0.4, 0.5) is 39.5 Å². The fraction of sp³-hybridized carbons (Fsp3) is 0.424. The van der Waals surface area contributed by atoms with Crippen molar-refractivity contribution in [2.24, 2.45) is 0 Å². The SMILES string of the molecule is COc1cc(C)c(OCCCC(=O)O)cc1-c1ccc(C(F)(F)F)cc1CN(C)[C@@H](C)[C@H](OC)c1cc(C(F)(F)F)cc(C(F)(F)F)c1. The predicted molar refractivity (Wildman–Crippen MR) is 158 cm³/mol. The van der Waals surface area contributed by atoms with Gasteiger partial charge in [0, 0.05) is 31.7 Å². The van der Waals surface area contributed by atoms with Crippen molar-refractivity contribution >= 4 is 5.97 Å². The number of aryl methyl sites for hydroxylation is 1. The maximum absolute atomic E-state index is 13.9. The minimum atomic E-state index is -5.09. The first kappa shape index (κ1) is 38.5. The molecule has 0 aliphatic heterocycles. The average molecular weight is 696 g/mol. The molecule has 3 aromatic rings. The van der Waals surface area contributed by atoms with Crippen LogP contribution in [0, 0.1) is 6.92 Å². The molecular formula is C33H34F9NO5. The Kier molecular flexibility index (Phi) is 12.1. The first-order chi connectivity index (χ1) is 22.2. The largest absolute Gasteiger partial charge is 0.496 e. The summed E-state index contributed by atoms with van der Waals surface area (Å²) in [4.78, 5) is 12.3. The van der Waals surface area contributed by atoms with E-state index in [0.29, 0.717) is 29.0 Å². The molecule has 0 bridgehead atoms. The summed E-state index contributed by atoms with van der Waals surface area (Å²) in [6.45, 7) is 2.95. The number of benzene rings is 3. The van der Waals surface area contributed by atoms with Gasteiger partial charge in [-0.2, -0.15) is 39.5 Å². The summed E-state index contributed by atoms with van der Waals surface area (Å²) in [6.07, 6.45) is -16.2. The molecule has 0 unspecified atom stereocenters. The second-order valence-electron chi connectivity index (χ2n) is 11.2. The number of hydrogen-bond donors (Lipinski definition) is 1. The number of carboxylic acids is 1. The number of halogens is 9. The van der Waals surface area contributed by atoms with E-state index in [1.807, 2.05) is 0 Å². The highest BCUT2D eigenvalue weighted by atomic mass is 19.4. The molecule has 0 aliphatic carbocycles. The summed E-state index contributed by atoms with van der Waals surface area (Å²) in [6, 6.07) is 6.30. The molecule has 0 aliphatic rings.